The maximum atomic E-state index is 2.47. The van der Waals surface area contributed by atoms with Gasteiger partial charge in [-0.3, -0.25) is 0 Å². The topological polar surface area (TPSA) is 4.93 Å². The van der Waals surface area contributed by atoms with Crippen molar-refractivity contribution in [1.29, 1.82) is 0 Å². The molecule has 2 rings (SSSR count). The van der Waals surface area contributed by atoms with E-state index in [1.54, 1.807) is 5.30 Å². The van der Waals surface area contributed by atoms with Crippen LogP contribution in [-0.2, 0) is 0 Å². The standard InChI is InChI=1S/C18H27NP2/c1-5-20(6-2)17-13-10-9-12-16(17)19-15-11-14-18(19)21(7-3)8-4/h9-15H,5-8H2,1-4H3. The quantitative estimate of drug-likeness (QED) is 0.648. The van der Waals surface area contributed by atoms with Gasteiger partial charge in [-0.05, 0) is 48.2 Å². The van der Waals surface area contributed by atoms with Crippen molar-refractivity contribution in [3.63, 3.8) is 0 Å². The molecule has 0 radical (unpaired) electrons. The number of aromatic nitrogens is 1. The predicted molar refractivity (Wildman–Crippen MR) is 101 cm³/mol. The summed E-state index contributed by atoms with van der Waals surface area (Å²) in [5, 5.41) is 1.57. The molecule has 114 valence electrons. The molecule has 3 heteroatoms. The van der Waals surface area contributed by atoms with Gasteiger partial charge in [0.1, 0.15) is 0 Å². The van der Waals surface area contributed by atoms with Gasteiger partial charge in [-0.2, -0.15) is 0 Å². The van der Waals surface area contributed by atoms with Crippen molar-refractivity contribution >= 4 is 26.6 Å². The summed E-state index contributed by atoms with van der Waals surface area (Å²) in [6.07, 6.45) is 7.35. The number of rotatable bonds is 7. The third-order valence-electron chi connectivity index (χ3n) is 4.06. The summed E-state index contributed by atoms with van der Waals surface area (Å²) in [7, 11) is -0.0594. The molecule has 0 amide bonds. The molecular weight excluding hydrogens is 292 g/mol. The second kappa shape index (κ2) is 8.11. The van der Waals surface area contributed by atoms with Crippen molar-refractivity contribution in [2.75, 3.05) is 24.6 Å². The van der Waals surface area contributed by atoms with Gasteiger partial charge in [-0.1, -0.05) is 61.7 Å². The fourth-order valence-electron chi connectivity index (χ4n) is 2.88. The Labute approximate surface area is 132 Å². The molecule has 1 aromatic carbocycles. The van der Waals surface area contributed by atoms with Crippen molar-refractivity contribution in [2.24, 2.45) is 0 Å². The van der Waals surface area contributed by atoms with Crippen LogP contribution in [0.4, 0.5) is 0 Å². The average Bonchev–Trinajstić information content (AvgIpc) is 3.00. The van der Waals surface area contributed by atoms with Crippen molar-refractivity contribution in [1.82, 2.24) is 4.57 Å². The first-order valence-corrected chi connectivity index (χ1v) is 11.5. The molecule has 0 bridgehead atoms. The van der Waals surface area contributed by atoms with Gasteiger partial charge >= 0.3 is 0 Å². The van der Waals surface area contributed by atoms with Crippen LogP contribution in [0.3, 0.4) is 0 Å². The summed E-state index contributed by atoms with van der Waals surface area (Å²) in [5.41, 5.74) is 2.95. The number of hydrogen-bond donors (Lipinski definition) is 0. The first-order valence-electron chi connectivity index (χ1n) is 8.03. The molecule has 0 unspecified atom stereocenters. The lowest BCUT2D eigenvalue weighted by Gasteiger charge is -2.22. The van der Waals surface area contributed by atoms with Crippen LogP contribution in [0.2, 0.25) is 0 Å². The van der Waals surface area contributed by atoms with Crippen LogP contribution in [0.25, 0.3) is 5.69 Å². The van der Waals surface area contributed by atoms with E-state index >= 15 is 0 Å². The van der Waals surface area contributed by atoms with Crippen LogP contribution in [0.5, 0.6) is 0 Å². The Bertz CT molecular complexity index is 554. The summed E-state index contributed by atoms with van der Waals surface area (Å²) >= 11 is 0. The van der Waals surface area contributed by atoms with E-state index < -0.39 is 0 Å². The highest BCUT2D eigenvalue weighted by atomic mass is 31.1. The van der Waals surface area contributed by atoms with Crippen molar-refractivity contribution in [3.8, 4) is 5.69 Å². The summed E-state index contributed by atoms with van der Waals surface area (Å²) in [4.78, 5) is 0. The minimum atomic E-state index is -0.0307. The molecule has 0 aliphatic heterocycles. The smallest absolute Gasteiger partial charge is 0.0532 e. The van der Waals surface area contributed by atoms with Crippen LogP contribution >= 0.6 is 15.8 Å². The second-order valence-corrected chi connectivity index (χ2v) is 10.7. The predicted octanol–water partition coefficient (Wildman–Crippen LogP) is 4.77. The van der Waals surface area contributed by atoms with Crippen molar-refractivity contribution in [2.45, 2.75) is 27.7 Å². The Hall–Kier alpha value is -0.640. The van der Waals surface area contributed by atoms with Gasteiger partial charge in [-0.25, -0.2) is 0 Å². The molecule has 0 saturated heterocycles. The van der Waals surface area contributed by atoms with Gasteiger partial charge in [-0.15, -0.1) is 0 Å². The van der Waals surface area contributed by atoms with E-state index in [1.807, 2.05) is 0 Å². The normalized spacial score (nSPS) is 11.5. The molecule has 1 heterocycles. The van der Waals surface area contributed by atoms with E-state index in [-0.39, 0.29) is 15.8 Å². The Morgan fingerprint density at radius 3 is 2.00 bits per heavy atom. The second-order valence-electron chi connectivity index (χ2n) is 5.07. The molecule has 1 aromatic heterocycles. The lowest BCUT2D eigenvalue weighted by molar-refractivity contribution is 1.12. The molecule has 21 heavy (non-hydrogen) atoms. The summed E-state index contributed by atoms with van der Waals surface area (Å²) in [6, 6.07) is 13.6. The van der Waals surface area contributed by atoms with Crippen molar-refractivity contribution < 1.29 is 0 Å². The first kappa shape index (κ1) is 16.7. The summed E-state index contributed by atoms with van der Waals surface area (Å²) < 4.78 is 2.47. The SMILES string of the molecule is CCP(CC)c1ccccc1-n1cccc1P(CC)CC. The number of nitrogens with zero attached hydrogens (tertiary/aromatic N) is 1. The number of hydrogen-bond acceptors (Lipinski definition) is 0. The van der Waals surface area contributed by atoms with Gasteiger partial charge in [0, 0.05) is 11.6 Å². The molecule has 0 aliphatic carbocycles. The summed E-state index contributed by atoms with van der Waals surface area (Å²) in [6.45, 7) is 9.30. The van der Waals surface area contributed by atoms with Gasteiger partial charge in [0.05, 0.1) is 5.69 Å². The van der Waals surface area contributed by atoms with E-state index in [0.717, 1.165) is 0 Å². The maximum absolute atomic E-state index is 2.47. The molecule has 0 fully saturated rings. The molecule has 1 nitrogen and oxygen atoms in total. The Morgan fingerprint density at radius 2 is 1.38 bits per heavy atom. The third kappa shape index (κ3) is 3.58. The van der Waals surface area contributed by atoms with Gasteiger partial charge in [0.15, 0.2) is 0 Å². The van der Waals surface area contributed by atoms with Crippen LogP contribution in [0.1, 0.15) is 27.7 Å². The minimum Gasteiger partial charge on any atom is -0.316 e. The maximum Gasteiger partial charge on any atom is 0.0532 e. The monoisotopic (exact) mass is 319 g/mol. The summed E-state index contributed by atoms with van der Waals surface area (Å²) in [5.74, 6) is 0. The van der Waals surface area contributed by atoms with Crippen molar-refractivity contribution in [3.05, 3.63) is 42.6 Å². The fraction of sp³-hybridized carbons (Fsp3) is 0.444. The highest BCUT2D eigenvalue weighted by molar-refractivity contribution is 7.66. The Balaban J connectivity index is 2.51. The molecule has 0 saturated carbocycles. The lowest BCUT2D eigenvalue weighted by atomic mass is 10.3. The van der Waals surface area contributed by atoms with E-state index in [0.29, 0.717) is 0 Å². The lowest BCUT2D eigenvalue weighted by Crippen LogP contribution is -2.21. The third-order valence-corrected chi connectivity index (χ3v) is 9.19. The molecule has 0 aliphatic rings. The number of benzene rings is 1. The van der Waals surface area contributed by atoms with Crippen LogP contribution < -0.4 is 10.7 Å². The molecule has 2 aromatic rings. The van der Waals surface area contributed by atoms with E-state index in [9.17, 15) is 0 Å². The largest absolute Gasteiger partial charge is 0.316 e. The zero-order chi connectivity index (χ0) is 15.2. The fourth-order valence-corrected chi connectivity index (χ4v) is 6.68. The van der Waals surface area contributed by atoms with E-state index in [4.69, 9.17) is 0 Å². The van der Waals surface area contributed by atoms with Crippen LogP contribution in [0.15, 0.2) is 42.6 Å². The van der Waals surface area contributed by atoms with Crippen LogP contribution in [0, 0.1) is 0 Å². The molecule has 0 N–H and O–H groups in total. The van der Waals surface area contributed by atoms with E-state index in [2.05, 4.69) is 74.9 Å². The Kier molecular flexibility index (Phi) is 6.46. The van der Waals surface area contributed by atoms with Gasteiger partial charge in [0.2, 0.25) is 0 Å². The zero-order valence-electron chi connectivity index (χ0n) is 13.7. The highest BCUT2D eigenvalue weighted by Crippen LogP contribution is 2.37. The zero-order valence-corrected chi connectivity index (χ0v) is 15.5. The molecular formula is C18H27NP2. The Morgan fingerprint density at radius 1 is 0.762 bits per heavy atom. The molecule has 0 spiro atoms. The molecule has 0 atom stereocenters. The highest BCUT2D eigenvalue weighted by Gasteiger charge is 2.16. The van der Waals surface area contributed by atoms with Crippen LogP contribution in [-0.4, -0.2) is 29.2 Å². The first-order chi connectivity index (χ1) is 10.3. The van der Waals surface area contributed by atoms with E-state index in [1.165, 1.54) is 35.8 Å². The van der Waals surface area contributed by atoms with Gasteiger partial charge < -0.3 is 4.57 Å². The van der Waals surface area contributed by atoms with Gasteiger partial charge in [0.25, 0.3) is 0 Å². The average molecular weight is 319 g/mol. The minimum absolute atomic E-state index is 0.0287. The number of para-hydroxylation sites is 1.